The molecule has 2 fully saturated rings. The van der Waals surface area contributed by atoms with Crippen molar-refractivity contribution < 1.29 is 0 Å². The molecule has 0 unspecified atom stereocenters. The minimum absolute atomic E-state index is 0.471. The molecule has 1 aliphatic carbocycles. The van der Waals surface area contributed by atoms with E-state index in [9.17, 15) is 0 Å². The molecule has 2 N–H and O–H groups in total. The van der Waals surface area contributed by atoms with Crippen molar-refractivity contribution in [2.75, 3.05) is 31.1 Å². The fourth-order valence-electron chi connectivity index (χ4n) is 4.63. The molecule has 0 amide bonds. The van der Waals surface area contributed by atoms with E-state index in [1.54, 1.807) is 0 Å². The van der Waals surface area contributed by atoms with Crippen LogP contribution in [0, 0.1) is 5.92 Å². The number of thiophene rings is 1. The highest BCUT2D eigenvalue weighted by atomic mass is 32.1. The summed E-state index contributed by atoms with van der Waals surface area (Å²) < 4.78 is 1.41. The third-order valence-corrected chi connectivity index (χ3v) is 7.18. The lowest BCUT2D eigenvalue weighted by atomic mass is 9.84. The van der Waals surface area contributed by atoms with Crippen molar-refractivity contribution in [2.24, 2.45) is 11.7 Å². The van der Waals surface area contributed by atoms with E-state index >= 15 is 0 Å². The van der Waals surface area contributed by atoms with Gasteiger partial charge in [-0.2, -0.15) is 0 Å². The van der Waals surface area contributed by atoms with E-state index < -0.39 is 0 Å². The van der Waals surface area contributed by atoms with Crippen LogP contribution in [0.3, 0.4) is 0 Å². The highest BCUT2D eigenvalue weighted by molar-refractivity contribution is 7.17. The van der Waals surface area contributed by atoms with Crippen LogP contribution in [0.4, 0.5) is 5.69 Å². The summed E-state index contributed by atoms with van der Waals surface area (Å²) in [6.45, 7) is 7.14. The minimum Gasteiger partial charge on any atom is -0.368 e. The predicted octanol–water partition coefficient (Wildman–Crippen LogP) is 4.32. The smallest absolute Gasteiger partial charge is 0.0455 e. The molecule has 1 aliphatic heterocycles. The van der Waals surface area contributed by atoms with E-state index in [4.69, 9.17) is 5.73 Å². The Morgan fingerprint density at radius 2 is 1.96 bits per heavy atom. The molecular weight excluding hydrogens is 326 g/mol. The van der Waals surface area contributed by atoms with Gasteiger partial charge in [0.05, 0.1) is 0 Å². The van der Waals surface area contributed by atoms with Crippen LogP contribution in [0.5, 0.6) is 0 Å². The van der Waals surface area contributed by atoms with Gasteiger partial charge < -0.3 is 10.6 Å². The molecular formula is C21H31N3S. The third-order valence-electron chi connectivity index (χ3n) is 6.29. The number of hydrogen-bond acceptors (Lipinski definition) is 4. The summed E-state index contributed by atoms with van der Waals surface area (Å²) >= 11 is 1.84. The van der Waals surface area contributed by atoms with Crippen molar-refractivity contribution >= 4 is 27.1 Å². The highest BCUT2D eigenvalue weighted by Crippen LogP contribution is 2.32. The number of fused-ring (bicyclic) bond motifs is 1. The molecule has 1 saturated heterocycles. The predicted molar refractivity (Wildman–Crippen MR) is 110 cm³/mol. The van der Waals surface area contributed by atoms with Crippen LogP contribution in [-0.4, -0.2) is 43.2 Å². The zero-order chi connectivity index (χ0) is 17.2. The number of nitrogens with zero attached hydrogens (tertiary/aromatic N) is 2. The maximum Gasteiger partial charge on any atom is 0.0455 e. The van der Waals surface area contributed by atoms with Crippen molar-refractivity contribution in [2.45, 2.75) is 51.1 Å². The van der Waals surface area contributed by atoms with Crippen LogP contribution in [0.25, 0.3) is 10.1 Å². The lowest BCUT2D eigenvalue weighted by molar-refractivity contribution is 0.167. The number of anilines is 1. The van der Waals surface area contributed by atoms with Gasteiger partial charge in [0.1, 0.15) is 0 Å². The van der Waals surface area contributed by atoms with E-state index in [1.165, 1.54) is 61.0 Å². The Bertz CT molecular complexity index is 689. The van der Waals surface area contributed by atoms with Crippen molar-refractivity contribution in [3.63, 3.8) is 0 Å². The zero-order valence-corrected chi connectivity index (χ0v) is 16.2. The van der Waals surface area contributed by atoms with Gasteiger partial charge in [0.2, 0.25) is 0 Å². The summed E-state index contributed by atoms with van der Waals surface area (Å²) in [5.74, 6) is 0.907. The van der Waals surface area contributed by atoms with Crippen LogP contribution in [-0.2, 0) is 0 Å². The summed E-state index contributed by atoms with van der Waals surface area (Å²) in [5.41, 5.74) is 7.47. The van der Waals surface area contributed by atoms with Gasteiger partial charge in [-0.3, -0.25) is 4.90 Å². The quantitative estimate of drug-likeness (QED) is 0.884. The first-order valence-corrected chi connectivity index (χ1v) is 10.8. The maximum absolute atomic E-state index is 6.04. The van der Waals surface area contributed by atoms with E-state index in [-0.39, 0.29) is 0 Å². The van der Waals surface area contributed by atoms with Crippen molar-refractivity contribution in [1.82, 2.24) is 4.90 Å². The standard InChI is InChI=1S/C21H31N3S/c1-16-15-24(20-3-2-4-21-19(20)10-14-25-21)13-12-23(16)11-9-17-5-7-18(22)8-6-17/h2-4,10,14,16-18H,5-9,11-13,15,22H2,1H3/t16-,17?,18?/m1/s1. The molecule has 2 aromatic rings. The molecule has 1 atom stereocenters. The van der Waals surface area contributed by atoms with Gasteiger partial charge in [0.25, 0.3) is 0 Å². The molecule has 136 valence electrons. The van der Waals surface area contributed by atoms with Crippen LogP contribution in [0.1, 0.15) is 39.0 Å². The van der Waals surface area contributed by atoms with E-state index in [0.717, 1.165) is 19.0 Å². The van der Waals surface area contributed by atoms with Crippen LogP contribution >= 0.6 is 11.3 Å². The average molecular weight is 358 g/mol. The number of piperazine rings is 1. The molecule has 0 bridgehead atoms. The Balaban J connectivity index is 1.33. The summed E-state index contributed by atoms with van der Waals surface area (Å²) in [6.07, 6.45) is 6.51. The average Bonchev–Trinajstić information content (AvgIpc) is 3.11. The topological polar surface area (TPSA) is 32.5 Å². The highest BCUT2D eigenvalue weighted by Gasteiger charge is 2.26. The van der Waals surface area contributed by atoms with Crippen molar-refractivity contribution in [3.05, 3.63) is 29.6 Å². The van der Waals surface area contributed by atoms with Gasteiger partial charge in [-0.05, 0) is 75.1 Å². The van der Waals surface area contributed by atoms with Gasteiger partial charge in [-0.1, -0.05) is 6.07 Å². The summed E-state index contributed by atoms with van der Waals surface area (Å²) in [4.78, 5) is 5.30. The van der Waals surface area contributed by atoms with Crippen LogP contribution in [0.15, 0.2) is 29.6 Å². The summed E-state index contributed by atoms with van der Waals surface area (Å²) in [5, 5.41) is 3.64. The number of rotatable bonds is 4. The molecule has 25 heavy (non-hydrogen) atoms. The van der Waals surface area contributed by atoms with Gasteiger partial charge >= 0.3 is 0 Å². The summed E-state index contributed by atoms with van der Waals surface area (Å²) in [7, 11) is 0. The molecule has 4 rings (SSSR count). The largest absolute Gasteiger partial charge is 0.368 e. The number of nitrogens with two attached hydrogens (primary N) is 1. The Morgan fingerprint density at radius 3 is 2.76 bits per heavy atom. The Hall–Kier alpha value is -1.10. The molecule has 0 spiro atoms. The van der Waals surface area contributed by atoms with E-state index in [0.29, 0.717) is 12.1 Å². The second kappa shape index (κ2) is 7.65. The minimum atomic E-state index is 0.471. The molecule has 1 saturated carbocycles. The molecule has 2 heterocycles. The first kappa shape index (κ1) is 17.3. The fourth-order valence-corrected chi connectivity index (χ4v) is 5.43. The molecule has 1 aromatic heterocycles. The SMILES string of the molecule is C[C@@H]1CN(c2cccc3sccc23)CCN1CCC1CCC(N)CC1. The Kier molecular flexibility index (Phi) is 5.30. The molecule has 1 aromatic carbocycles. The maximum atomic E-state index is 6.04. The first-order chi connectivity index (χ1) is 12.2. The third kappa shape index (κ3) is 3.86. The van der Waals surface area contributed by atoms with E-state index in [1.807, 2.05) is 11.3 Å². The second-order valence-electron chi connectivity index (χ2n) is 8.01. The Labute approximate surface area is 155 Å². The van der Waals surface area contributed by atoms with Gasteiger partial charge in [-0.25, -0.2) is 0 Å². The second-order valence-corrected chi connectivity index (χ2v) is 8.96. The first-order valence-electron chi connectivity index (χ1n) is 9.91. The van der Waals surface area contributed by atoms with Gasteiger partial charge in [0, 0.05) is 47.5 Å². The number of benzene rings is 1. The van der Waals surface area contributed by atoms with Gasteiger partial charge in [-0.15, -0.1) is 11.3 Å². The molecule has 3 nitrogen and oxygen atoms in total. The zero-order valence-electron chi connectivity index (χ0n) is 15.4. The van der Waals surface area contributed by atoms with E-state index in [2.05, 4.69) is 46.4 Å². The molecule has 2 aliphatic rings. The molecule has 0 radical (unpaired) electrons. The van der Waals surface area contributed by atoms with Crippen LogP contribution in [0.2, 0.25) is 0 Å². The Morgan fingerprint density at radius 1 is 1.12 bits per heavy atom. The van der Waals surface area contributed by atoms with Crippen molar-refractivity contribution in [3.8, 4) is 0 Å². The monoisotopic (exact) mass is 357 g/mol. The normalized spacial score (nSPS) is 28.6. The summed E-state index contributed by atoms with van der Waals surface area (Å²) in [6, 6.07) is 10.1. The number of hydrogen-bond donors (Lipinski definition) is 1. The lowest BCUT2D eigenvalue weighted by Crippen LogP contribution is -2.52. The van der Waals surface area contributed by atoms with Gasteiger partial charge in [0.15, 0.2) is 0 Å². The molecule has 4 heteroatoms. The lowest BCUT2D eigenvalue weighted by Gasteiger charge is -2.42. The fraction of sp³-hybridized carbons (Fsp3) is 0.619. The van der Waals surface area contributed by atoms with Crippen molar-refractivity contribution in [1.29, 1.82) is 0 Å². The van der Waals surface area contributed by atoms with Crippen LogP contribution < -0.4 is 10.6 Å².